The van der Waals surface area contributed by atoms with E-state index in [1.165, 1.54) is 6.92 Å². The second kappa shape index (κ2) is 6.73. The van der Waals surface area contributed by atoms with Gasteiger partial charge in [-0.05, 0) is 12.1 Å². The predicted octanol–water partition coefficient (Wildman–Crippen LogP) is 1.15. The molecule has 0 aromatic carbocycles. The number of hydrogen-bond acceptors (Lipinski definition) is 3. The van der Waals surface area contributed by atoms with Crippen LogP contribution in [0.4, 0.5) is 0 Å². The molecule has 2 amide bonds. The van der Waals surface area contributed by atoms with Gasteiger partial charge in [0.05, 0.1) is 12.8 Å². The number of nitrogens with zero attached hydrogens (tertiary/aromatic N) is 1. The van der Waals surface area contributed by atoms with E-state index in [1.54, 1.807) is 24.2 Å². The maximum absolute atomic E-state index is 11.4. The van der Waals surface area contributed by atoms with Crippen LogP contribution in [0.3, 0.4) is 0 Å². The SMILES string of the molecule is CCC(=O)NCCN(Cc1ccco1)C(C)=O. The van der Waals surface area contributed by atoms with E-state index in [0.29, 0.717) is 26.1 Å². The van der Waals surface area contributed by atoms with E-state index in [1.807, 2.05) is 6.07 Å². The molecule has 1 aromatic rings. The number of amides is 2. The Morgan fingerprint density at radius 1 is 1.47 bits per heavy atom. The second-order valence-corrected chi connectivity index (χ2v) is 3.72. The minimum Gasteiger partial charge on any atom is -0.467 e. The smallest absolute Gasteiger partial charge is 0.219 e. The summed E-state index contributed by atoms with van der Waals surface area (Å²) in [6.45, 7) is 4.69. The Bertz CT molecular complexity index is 360. The van der Waals surface area contributed by atoms with Crippen LogP contribution in [0.15, 0.2) is 22.8 Å². The Labute approximate surface area is 101 Å². The van der Waals surface area contributed by atoms with Gasteiger partial charge < -0.3 is 14.6 Å². The summed E-state index contributed by atoms with van der Waals surface area (Å²) in [6.07, 6.45) is 2.03. The van der Waals surface area contributed by atoms with Crippen LogP contribution in [0, 0.1) is 0 Å². The number of furan rings is 1. The fourth-order valence-corrected chi connectivity index (χ4v) is 1.39. The summed E-state index contributed by atoms with van der Waals surface area (Å²) >= 11 is 0. The lowest BCUT2D eigenvalue weighted by Gasteiger charge is -2.19. The van der Waals surface area contributed by atoms with Crippen molar-refractivity contribution < 1.29 is 14.0 Å². The summed E-state index contributed by atoms with van der Waals surface area (Å²) in [5, 5.41) is 2.73. The molecule has 1 aromatic heterocycles. The zero-order valence-electron chi connectivity index (χ0n) is 10.2. The summed E-state index contributed by atoms with van der Waals surface area (Å²) in [6, 6.07) is 3.60. The van der Waals surface area contributed by atoms with Crippen molar-refractivity contribution in [2.45, 2.75) is 26.8 Å². The zero-order chi connectivity index (χ0) is 12.7. The fourth-order valence-electron chi connectivity index (χ4n) is 1.39. The van der Waals surface area contributed by atoms with Crippen LogP contribution >= 0.6 is 0 Å². The van der Waals surface area contributed by atoms with E-state index < -0.39 is 0 Å². The van der Waals surface area contributed by atoms with Crippen molar-refractivity contribution in [1.82, 2.24) is 10.2 Å². The maximum Gasteiger partial charge on any atom is 0.219 e. The number of carbonyl (C=O) groups excluding carboxylic acids is 2. The molecule has 0 atom stereocenters. The van der Waals surface area contributed by atoms with Gasteiger partial charge >= 0.3 is 0 Å². The second-order valence-electron chi connectivity index (χ2n) is 3.72. The number of nitrogens with one attached hydrogen (secondary N) is 1. The van der Waals surface area contributed by atoms with Crippen LogP contribution in [0.2, 0.25) is 0 Å². The van der Waals surface area contributed by atoms with Crippen LogP contribution in [-0.4, -0.2) is 29.8 Å². The van der Waals surface area contributed by atoms with Gasteiger partial charge in [-0.3, -0.25) is 9.59 Å². The Morgan fingerprint density at radius 3 is 2.76 bits per heavy atom. The summed E-state index contributed by atoms with van der Waals surface area (Å²) in [7, 11) is 0. The van der Waals surface area contributed by atoms with Crippen molar-refractivity contribution in [2.24, 2.45) is 0 Å². The van der Waals surface area contributed by atoms with Crippen molar-refractivity contribution in [3.8, 4) is 0 Å². The van der Waals surface area contributed by atoms with E-state index in [0.717, 1.165) is 5.76 Å². The largest absolute Gasteiger partial charge is 0.467 e. The molecule has 5 heteroatoms. The molecule has 0 spiro atoms. The molecule has 1 N–H and O–H groups in total. The molecular weight excluding hydrogens is 220 g/mol. The number of carbonyl (C=O) groups is 2. The molecule has 0 fully saturated rings. The van der Waals surface area contributed by atoms with Crippen LogP contribution in [-0.2, 0) is 16.1 Å². The predicted molar refractivity (Wildman–Crippen MR) is 63.1 cm³/mol. The highest BCUT2D eigenvalue weighted by atomic mass is 16.3. The Hall–Kier alpha value is -1.78. The molecule has 0 aliphatic rings. The summed E-state index contributed by atoms with van der Waals surface area (Å²) in [5.41, 5.74) is 0. The first-order valence-electron chi connectivity index (χ1n) is 5.68. The minimum atomic E-state index is -0.0350. The van der Waals surface area contributed by atoms with Gasteiger partial charge in [0.2, 0.25) is 11.8 Å². The highest BCUT2D eigenvalue weighted by Gasteiger charge is 2.10. The fraction of sp³-hybridized carbons (Fsp3) is 0.500. The minimum absolute atomic E-state index is 0.00787. The Morgan fingerprint density at radius 2 is 2.24 bits per heavy atom. The lowest BCUT2D eigenvalue weighted by atomic mass is 10.3. The maximum atomic E-state index is 11.4. The van der Waals surface area contributed by atoms with Gasteiger partial charge in [0.1, 0.15) is 5.76 Å². The van der Waals surface area contributed by atoms with Crippen molar-refractivity contribution in [3.05, 3.63) is 24.2 Å². The number of rotatable bonds is 6. The first-order chi connectivity index (χ1) is 8.13. The summed E-state index contributed by atoms with van der Waals surface area (Å²) < 4.78 is 5.18. The van der Waals surface area contributed by atoms with Crippen molar-refractivity contribution in [2.75, 3.05) is 13.1 Å². The van der Waals surface area contributed by atoms with Gasteiger partial charge in [-0.2, -0.15) is 0 Å². The molecule has 17 heavy (non-hydrogen) atoms. The highest BCUT2D eigenvalue weighted by molar-refractivity contribution is 5.75. The third-order valence-corrected chi connectivity index (χ3v) is 2.40. The van der Waals surface area contributed by atoms with Crippen molar-refractivity contribution in [3.63, 3.8) is 0 Å². The third-order valence-electron chi connectivity index (χ3n) is 2.40. The molecule has 0 unspecified atom stereocenters. The quantitative estimate of drug-likeness (QED) is 0.808. The lowest BCUT2D eigenvalue weighted by Crippen LogP contribution is -2.36. The number of hydrogen-bond donors (Lipinski definition) is 1. The van der Waals surface area contributed by atoms with E-state index in [4.69, 9.17) is 4.42 Å². The first kappa shape index (κ1) is 13.3. The molecule has 0 bridgehead atoms. The van der Waals surface area contributed by atoms with Gasteiger partial charge in [0.15, 0.2) is 0 Å². The molecule has 1 rings (SSSR count). The normalized spacial score (nSPS) is 10.0. The van der Waals surface area contributed by atoms with Crippen molar-refractivity contribution in [1.29, 1.82) is 0 Å². The molecule has 1 heterocycles. The monoisotopic (exact) mass is 238 g/mol. The molecular formula is C12H18N2O3. The van der Waals surface area contributed by atoms with Gasteiger partial charge in [-0.25, -0.2) is 0 Å². The summed E-state index contributed by atoms with van der Waals surface area (Å²) in [5.74, 6) is 0.695. The van der Waals surface area contributed by atoms with E-state index in [-0.39, 0.29) is 11.8 Å². The molecule has 94 valence electrons. The van der Waals surface area contributed by atoms with Crippen LogP contribution in [0.25, 0.3) is 0 Å². The summed E-state index contributed by atoms with van der Waals surface area (Å²) in [4.78, 5) is 24.1. The Kier molecular flexibility index (Phi) is 5.26. The topological polar surface area (TPSA) is 62.6 Å². The lowest BCUT2D eigenvalue weighted by molar-refractivity contribution is -0.130. The van der Waals surface area contributed by atoms with Crippen molar-refractivity contribution >= 4 is 11.8 Å². The molecule has 0 saturated carbocycles. The van der Waals surface area contributed by atoms with E-state index in [9.17, 15) is 9.59 Å². The van der Waals surface area contributed by atoms with Gasteiger partial charge in [-0.15, -0.1) is 0 Å². The third kappa shape index (κ3) is 4.72. The van der Waals surface area contributed by atoms with Crippen LogP contribution < -0.4 is 5.32 Å². The van der Waals surface area contributed by atoms with Crippen LogP contribution in [0.1, 0.15) is 26.0 Å². The average Bonchev–Trinajstić information content (AvgIpc) is 2.80. The molecule has 0 saturated heterocycles. The molecule has 0 radical (unpaired) electrons. The first-order valence-corrected chi connectivity index (χ1v) is 5.68. The molecule has 5 nitrogen and oxygen atoms in total. The van der Waals surface area contributed by atoms with E-state index in [2.05, 4.69) is 5.32 Å². The standard InChI is InChI=1S/C12H18N2O3/c1-3-12(16)13-6-7-14(10(2)15)9-11-5-4-8-17-11/h4-5,8H,3,6-7,9H2,1-2H3,(H,13,16). The zero-order valence-corrected chi connectivity index (χ0v) is 10.2. The van der Waals surface area contributed by atoms with Gasteiger partial charge in [0, 0.05) is 26.4 Å². The highest BCUT2D eigenvalue weighted by Crippen LogP contribution is 2.05. The van der Waals surface area contributed by atoms with Crippen LogP contribution in [0.5, 0.6) is 0 Å². The van der Waals surface area contributed by atoms with Gasteiger partial charge in [-0.1, -0.05) is 6.92 Å². The molecule has 0 aliphatic heterocycles. The molecule has 0 aliphatic carbocycles. The van der Waals surface area contributed by atoms with E-state index >= 15 is 0 Å². The average molecular weight is 238 g/mol. The van der Waals surface area contributed by atoms with Gasteiger partial charge in [0.25, 0.3) is 0 Å². The Balaban J connectivity index is 2.39.